The van der Waals surface area contributed by atoms with Crippen molar-refractivity contribution in [2.75, 3.05) is 16.6 Å². The van der Waals surface area contributed by atoms with E-state index in [9.17, 15) is 12.6 Å². The van der Waals surface area contributed by atoms with Crippen molar-refractivity contribution in [2.45, 2.75) is 23.6 Å². The number of hydrogen-bond donors (Lipinski definition) is 0. The second-order valence-corrected chi connectivity index (χ2v) is 12.0. The summed E-state index contributed by atoms with van der Waals surface area (Å²) in [6.07, 6.45) is 1.76. The van der Waals surface area contributed by atoms with E-state index in [0.717, 1.165) is 32.0 Å². The minimum absolute atomic E-state index is 0.164. The summed E-state index contributed by atoms with van der Waals surface area (Å²) in [6, 6.07) is 14.3. The molecule has 0 saturated heterocycles. The lowest BCUT2D eigenvalue weighted by molar-refractivity contribution is 0.591. The zero-order valence-corrected chi connectivity index (χ0v) is 19.4. The summed E-state index contributed by atoms with van der Waals surface area (Å²) in [5.41, 5.74) is 3.86. The van der Waals surface area contributed by atoms with Crippen LogP contribution in [-0.2, 0) is 20.8 Å². The van der Waals surface area contributed by atoms with Gasteiger partial charge in [-0.25, -0.2) is 13.4 Å². The van der Waals surface area contributed by atoms with Gasteiger partial charge < -0.3 is 0 Å². The van der Waals surface area contributed by atoms with Crippen LogP contribution < -0.4 is 4.31 Å². The minimum Gasteiger partial charge on any atom is -0.264 e. The van der Waals surface area contributed by atoms with Crippen LogP contribution in [0.5, 0.6) is 0 Å². The Balaban J connectivity index is 1.63. The molecule has 1 aliphatic heterocycles. The molecule has 1 atom stereocenters. The van der Waals surface area contributed by atoms with Gasteiger partial charge in [0.25, 0.3) is 10.0 Å². The molecule has 158 valence electrons. The van der Waals surface area contributed by atoms with Crippen molar-refractivity contribution >= 4 is 48.1 Å². The smallest absolute Gasteiger partial charge is 0.264 e. The van der Waals surface area contributed by atoms with Gasteiger partial charge in [-0.3, -0.25) is 13.5 Å². The lowest BCUT2D eigenvalue weighted by Crippen LogP contribution is -2.38. The fourth-order valence-electron chi connectivity index (χ4n) is 3.68. The summed E-state index contributed by atoms with van der Waals surface area (Å²) >= 11 is 1.47. The summed E-state index contributed by atoms with van der Waals surface area (Å²) < 4.78 is 42.0. The van der Waals surface area contributed by atoms with Crippen LogP contribution in [0.4, 0.5) is 5.69 Å². The Morgan fingerprint density at radius 3 is 2.61 bits per heavy atom. The van der Waals surface area contributed by atoms with Gasteiger partial charge in [-0.15, -0.1) is 11.3 Å². The van der Waals surface area contributed by atoms with E-state index >= 15 is 0 Å². The summed E-state index contributed by atoms with van der Waals surface area (Å²) in [5.74, 6) is 0.263. The van der Waals surface area contributed by atoms with Gasteiger partial charge >= 0.3 is 0 Å². The molecule has 0 bridgehead atoms. The SMILES string of the molecule is Cc1ccc(-c2ccc3c(c2)N(S(=O)(=O)c2ccc4nc(C)sc4c2)CCS3=O)cn1. The van der Waals surface area contributed by atoms with Gasteiger partial charge in [0.15, 0.2) is 0 Å². The highest BCUT2D eigenvalue weighted by Crippen LogP contribution is 2.37. The fraction of sp³-hybridized carbons (Fsp3) is 0.182. The van der Waals surface area contributed by atoms with Crippen LogP contribution in [0.15, 0.2) is 64.5 Å². The number of fused-ring (bicyclic) bond motifs is 2. The quantitative estimate of drug-likeness (QED) is 0.447. The normalized spacial score (nSPS) is 16.5. The number of rotatable bonds is 3. The van der Waals surface area contributed by atoms with Gasteiger partial charge in [0.1, 0.15) is 0 Å². The van der Waals surface area contributed by atoms with Gasteiger partial charge in [-0.2, -0.15) is 0 Å². The molecule has 9 heteroatoms. The summed E-state index contributed by atoms with van der Waals surface area (Å²) in [7, 11) is -5.07. The number of benzene rings is 2. The van der Waals surface area contributed by atoms with Crippen LogP contribution in [0.3, 0.4) is 0 Å². The minimum atomic E-state index is -3.82. The molecule has 0 spiro atoms. The number of nitrogens with zero attached hydrogens (tertiary/aromatic N) is 3. The molecular weight excluding hydrogens is 450 g/mol. The van der Waals surface area contributed by atoms with E-state index in [4.69, 9.17) is 0 Å². The lowest BCUT2D eigenvalue weighted by atomic mass is 10.1. The van der Waals surface area contributed by atoms with Crippen LogP contribution in [0.1, 0.15) is 10.7 Å². The zero-order valence-electron chi connectivity index (χ0n) is 16.9. The number of thiazole rings is 1. The topological polar surface area (TPSA) is 80.2 Å². The predicted octanol–water partition coefficient (Wildman–Crippen LogP) is 4.29. The Kier molecular flexibility index (Phi) is 4.91. The standard InChI is InChI=1S/C22H19N3O3S3/c1-14-3-4-17(13-23-14)16-5-8-22-20(11-16)25(9-10-30(22)26)31(27,28)18-6-7-19-21(12-18)29-15(2)24-19/h3-8,11-13H,9-10H2,1-2H3. The van der Waals surface area contributed by atoms with E-state index in [-0.39, 0.29) is 17.2 Å². The molecule has 6 nitrogen and oxygen atoms in total. The number of aryl methyl sites for hydroxylation is 2. The van der Waals surface area contributed by atoms with Crippen molar-refractivity contribution in [1.29, 1.82) is 0 Å². The van der Waals surface area contributed by atoms with Crippen LogP contribution in [0.2, 0.25) is 0 Å². The maximum atomic E-state index is 13.6. The average molecular weight is 470 g/mol. The third-order valence-electron chi connectivity index (χ3n) is 5.25. The molecule has 0 saturated carbocycles. The van der Waals surface area contributed by atoms with Crippen molar-refractivity contribution in [3.05, 3.63) is 65.4 Å². The highest BCUT2D eigenvalue weighted by atomic mass is 32.2. The Labute approximate surface area is 187 Å². The lowest BCUT2D eigenvalue weighted by Gasteiger charge is -2.30. The summed E-state index contributed by atoms with van der Waals surface area (Å²) in [6.45, 7) is 3.98. The third-order valence-corrected chi connectivity index (χ3v) is 9.38. The molecule has 2 aromatic carbocycles. The van der Waals surface area contributed by atoms with E-state index in [2.05, 4.69) is 9.97 Å². The van der Waals surface area contributed by atoms with Crippen LogP contribution in [-0.4, -0.2) is 34.9 Å². The van der Waals surface area contributed by atoms with Crippen molar-refractivity contribution in [2.24, 2.45) is 0 Å². The van der Waals surface area contributed by atoms with Crippen LogP contribution >= 0.6 is 11.3 Å². The molecule has 1 unspecified atom stereocenters. The molecule has 0 aliphatic carbocycles. The van der Waals surface area contributed by atoms with Gasteiger partial charge in [-0.1, -0.05) is 12.1 Å². The van der Waals surface area contributed by atoms with Crippen LogP contribution in [0, 0.1) is 13.8 Å². The number of anilines is 1. The molecule has 0 fully saturated rings. The molecule has 2 aromatic heterocycles. The number of pyridine rings is 1. The number of sulfonamides is 1. The maximum Gasteiger partial charge on any atom is 0.264 e. The highest BCUT2D eigenvalue weighted by Gasteiger charge is 2.32. The first-order valence-corrected chi connectivity index (χ1v) is 13.3. The van der Waals surface area contributed by atoms with E-state index in [0.29, 0.717) is 10.6 Å². The van der Waals surface area contributed by atoms with Crippen molar-refractivity contribution in [1.82, 2.24) is 9.97 Å². The first-order valence-electron chi connectivity index (χ1n) is 9.68. The van der Waals surface area contributed by atoms with E-state index in [1.54, 1.807) is 36.5 Å². The van der Waals surface area contributed by atoms with E-state index in [1.165, 1.54) is 15.6 Å². The molecule has 0 radical (unpaired) electrons. The molecule has 0 N–H and O–H groups in total. The van der Waals surface area contributed by atoms with Crippen LogP contribution in [0.25, 0.3) is 21.3 Å². The molecule has 3 heterocycles. The average Bonchev–Trinajstić information content (AvgIpc) is 3.13. The first-order chi connectivity index (χ1) is 14.8. The Morgan fingerprint density at radius 1 is 1.03 bits per heavy atom. The van der Waals surface area contributed by atoms with E-state index < -0.39 is 20.8 Å². The zero-order chi connectivity index (χ0) is 21.8. The number of hydrogen-bond acceptors (Lipinski definition) is 6. The Morgan fingerprint density at radius 2 is 1.84 bits per heavy atom. The first kappa shape index (κ1) is 20.3. The molecule has 5 rings (SSSR count). The molecular formula is C22H19N3O3S3. The Bertz CT molecular complexity index is 1440. The molecule has 4 aromatic rings. The van der Waals surface area contributed by atoms with Gasteiger partial charge in [0.05, 0.1) is 41.5 Å². The molecule has 31 heavy (non-hydrogen) atoms. The molecule has 0 amide bonds. The van der Waals surface area contributed by atoms with Gasteiger partial charge in [0.2, 0.25) is 0 Å². The predicted molar refractivity (Wildman–Crippen MR) is 125 cm³/mol. The van der Waals surface area contributed by atoms with Gasteiger partial charge in [0, 0.05) is 29.8 Å². The van der Waals surface area contributed by atoms with Crippen molar-refractivity contribution < 1.29 is 12.6 Å². The van der Waals surface area contributed by atoms with E-state index in [1.807, 2.05) is 32.0 Å². The Hall–Kier alpha value is -2.62. The molecule has 1 aliphatic rings. The highest BCUT2D eigenvalue weighted by molar-refractivity contribution is 7.93. The van der Waals surface area contributed by atoms with Crippen molar-refractivity contribution in [3.63, 3.8) is 0 Å². The monoisotopic (exact) mass is 469 g/mol. The second-order valence-electron chi connectivity index (χ2n) is 7.36. The van der Waals surface area contributed by atoms with Crippen molar-refractivity contribution in [3.8, 4) is 11.1 Å². The largest absolute Gasteiger partial charge is 0.264 e. The maximum absolute atomic E-state index is 13.6. The van der Waals surface area contributed by atoms with Gasteiger partial charge in [-0.05, 0) is 55.8 Å². The second kappa shape index (κ2) is 7.51. The third kappa shape index (κ3) is 3.56. The fourth-order valence-corrected chi connectivity index (χ4v) is 7.48. The summed E-state index contributed by atoms with van der Waals surface area (Å²) in [4.78, 5) is 9.49. The number of aromatic nitrogens is 2. The summed E-state index contributed by atoms with van der Waals surface area (Å²) in [5, 5.41) is 0.889.